The fourth-order valence-electron chi connectivity index (χ4n) is 5.52. The van der Waals surface area contributed by atoms with Crippen LogP contribution in [0.15, 0.2) is 64.0 Å². The van der Waals surface area contributed by atoms with Gasteiger partial charge >= 0.3 is 0 Å². The number of fused-ring (bicyclic) bond motifs is 1. The topological polar surface area (TPSA) is 114 Å². The molecule has 2 aliphatic rings. The lowest BCUT2D eigenvalue weighted by atomic mass is 9.90. The average molecular weight is 527 g/mol. The van der Waals surface area contributed by atoms with Crippen molar-refractivity contribution in [2.45, 2.75) is 51.0 Å². The largest absolute Gasteiger partial charge is 0.461 e. The summed E-state index contributed by atoms with van der Waals surface area (Å²) < 4.78 is 5.63. The number of aliphatic imine (C=N–C) groups is 1. The number of benzene rings is 2. The van der Waals surface area contributed by atoms with E-state index in [-0.39, 0.29) is 24.3 Å². The highest BCUT2D eigenvalue weighted by atomic mass is 16.3. The Morgan fingerprint density at radius 1 is 1.10 bits per heavy atom. The predicted molar refractivity (Wildman–Crippen MR) is 150 cm³/mol. The first-order valence-corrected chi connectivity index (χ1v) is 13.6. The minimum absolute atomic E-state index is 0.0224. The Morgan fingerprint density at radius 2 is 1.95 bits per heavy atom. The molecule has 2 fully saturated rings. The van der Waals surface area contributed by atoms with Crippen LogP contribution in [0.1, 0.15) is 49.3 Å². The van der Waals surface area contributed by atoms with Crippen LogP contribution in [0.2, 0.25) is 0 Å². The van der Waals surface area contributed by atoms with Crippen LogP contribution >= 0.6 is 0 Å². The summed E-state index contributed by atoms with van der Waals surface area (Å²) >= 11 is 0. The molecule has 2 amide bonds. The van der Waals surface area contributed by atoms with Gasteiger partial charge < -0.3 is 19.5 Å². The summed E-state index contributed by atoms with van der Waals surface area (Å²) in [4.78, 5) is 35.0. The van der Waals surface area contributed by atoms with Crippen molar-refractivity contribution in [2.24, 2.45) is 4.99 Å². The van der Waals surface area contributed by atoms with Crippen molar-refractivity contribution in [3.05, 3.63) is 65.9 Å². The number of aryl methyl sites for hydroxylation is 1. The third-order valence-corrected chi connectivity index (χ3v) is 7.48. The van der Waals surface area contributed by atoms with Crippen molar-refractivity contribution in [1.82, 2.24) is 15.1 Å². The third-order valence-electron chi connectivity index (χ3n) is 7.48. The van der Waals surface area contributed by atoms with Gasteiger partial charge in [0.15, 0.2) is 6.19 Å². The van der Waals surface area contributed by atoms with Gasteiger partial charge in [0.2, 0.25) is 17.8 Å². The van der Waals surface area contributed by atoms with Crippen LogP contribution in [-0.2, 0) is 9.59 Å². The second kappa shape index (κ2) is 12.0. The molecule has 9 nitrogen and oxygen atoms in total. The van der Waals surface area contributed by atoms with Crippen molar-refractivity contribution in [3.8, 4) is 6.19 Å². The smallest absolute Gasteiger partial charge is 0.247 e. The number of anilines is 1. The van der Waals surface area contributed by atoms with Gasteiger partial charge in [0.1, 0.15) is 17.4 Å². The highest BCUT2D eigenvalue weighted by Crippen LogP contribution is 2.27. The lowest BCUT2D eigenvalue weighted by Crippen LogP contribution is -2.48. The number of carbonyl (C=O) groups is 2. The van der Waals surface area contributed by atoms with Crippen LogP contribution in [0, 0.1) is 18.4 Å². The lowest BCUT2D eigenvalue weighted by molar-refractivity contribution is -0.141. The first-order chi connectivity index (χ1) is 19.0. The van der Waals surface area contributed by atoms with Gasteiger partial charge in [-0.05, 0) is 68.9 Å². The second-order valence-electron chi connectivity index (χ2n) is 10.3. The number of amides is 2. The molecule has 2 aromatic carbocycles. The van der Waals surface area contributed by atoms with Gasteiger partial charge in [0, 0.05) is 36.6 Å². The van der Waals surface area contributed by atoms with Gasteiger partial charge in [-0.2, -0.15) is 5.26 Å². The highest BCUT2D eigenvalue weighted by molar-refractivity contribution is 5.98. The van der Waals surface area contributed by atoms with Crippen LogP contribution in [0.3, 0.4) is 0 Å². The predicted octanol–water partition coefficient (Wildman–Crippen LogP) is 4.37. The summed E-state index contributed by atoms with van der Waals surface area (Å²) in [6.45, 7) is 3.85. The molecule has 2 saturated heterocycles. The number of rotatable bonds is 5. The van der Waals surface area contributed by atoms with Crippen molar-refractivity contribution in [1.29, 1.82) is 5.26 Å². The van der Waals surface area contributed by atoms with E-state index >= 15 is 0 Å². The van der Waals surface area contributed by atoms with E-state index in [2.05, 4.69) is 27.8 Å². The van der Waals surface area contributed by atoms with Gasteiger partial charge in [-0.1, -0.05) is 30.3 Å². The minimum Gasteiger partial charge on any atom is -0.461 e. The number of likely N-dealkylation sites (tertiary alicyclic amines) is 2. The molecule has 2 aliphatic heterocycles. The SMILES string of the molecule is Cc1cc2cc(NC(=NC3CCCCN(CC(=O)N4CCCC(c5ccccc5)C4)C3=O)NC#N)ccc2o1. The molecule has 0 aliphatic carbocycles. The van der Waals surface area contributed by atoms with E-state index in [9.17, 15) is 14.9 Å². The number of furan rings is 1. The Hall–Kier alpha value is -4.32. The molecule has 0 bridgehead atoms. The Morgan fingerprint density at radius 3 is 2.77 bits per heavy atom. The van der Waals surface area contributed by atoms with E-state index in [1.807, 2.05) is 60.5 Å². The van der Waals surface area contributed by atoms with Crippen molar-refractivity contribution in [2.75, 3.05) is 31.5 Å². The maximum absolute atomic E-state index is 13.5. The third kappa shape index (κ3) is 6.40. The molecule has 0 spiro atoms. The molecule has 5 rings (SSSR count). The Bertz CT molecular complexity index is 1390. The number of nitrogens with one attached hydrogen (secondary N) is 2. The van der Waals surface area contributed by atoms with Gasteiger partial charge in [0.05, 0.1) is 6.54 Å². The number of piperidine rings is 1. The van der Waals surface area contributed by atoms with Gasteiger partial charge in [-0.15, -0.1) is 0 Å². The second-order valence-corrected chi connectivity index (χ2v) is 10.3. The van der Waals surface area contributed by atoms with Crippen LogP contribution in [0.25, 0.3) is 11.0 Å². The van der Waals surface area contributed by atoms with E-state index in [1.165, 1.54) is 5.56 Å². The molecule has 0 radical (unpaired) electrons. The standard InChI is InChI=1S/C30H34N6O3/c1-21-16-24-17-25(12-13-27(24)39-21)33-30(32-20-31)34-26-11-5-6-14-36(29(26)38)19-28(37)35-15-7-10-23(18-35)22-8-3-2-4-9-22/h2-4,8-9,12-13,16-17,23,26H,5-7,10-11,14-15,18-19H2,1H3,(H2,32,33,34). The van der Waals surface area contributed by atoms with Crippen LogP contribution in [-0.4, -0.2) is 59.8 Å². The number of nitriles is 1. The number of nitrogens with zero attached hydrogens (tertiary/aromatic N) is 4. The van der Waals surface area contributed by atoms with Gasteiger partial charge in [-0.3, -0.25) is 14.9 Å². The summed E-state index contributed by atoms with van der Waals surface area (Å²) in [6.07, 6.45) is 6.09. The minimum atomic E-state index is -0.679. The normalized spacial score (nSPS) is 20.4. The van der Waals surface area contributed by atoms with Gasteiger partial charge in [0.25, 0.3) is 0 Å². The molecule has 202 valence electrons. The van der Waals surface area contributed by atoms with Crippen molar-refractivity contribution >= 4 is 34.4 Å². The Labute approximate surface area is 228 Å². The first kappa shape index (κ1) is 26.3. The molecular formula is C30H34N6O3. The summed E-state index contributed by atoms with van der Waals surface area (Å²) in [7, 11) is 0. The average Bonchev–Trinajstić information content (AvgIpc) is 3.24. The summed E-state index contributed by atoms with van der Waals surface area (Å²) in [5.41, 5.74) is 2.74. The molecular weight excluding hydrogens is 492 g/mol. The number of guanidine groups is 1. The van der Waals surface area contributed by atoms with E-state index in [4.69, 9.17) is 4.42 Å². The number of hydrogen-bond acceptors (Lipinski definition) is 5. The fourth-order valence-corrected chi connectivity index (χ4v) is 5.52. The fraction of sp³-hybridized carbons (Fsp3) is 0.400. The van der Waals surface area contributed by atoms with Crippen molar-refractivity contribution < 1.29 is 14.0 Å². The Balaban J connectivity index is 1.26. The van der Waals surface area contributed by atoms with Crippen LogP contribution in [0.5, 0.6) is 0 Å². The van der Waals surface area contributed by atoms with E-state index in [1.54, 1.807) is 4.90 Å². The molecule has 3 aromatic rings. The molecule has 2 N–H and O–H groups in total. The molecule has 39 heavy (non-hydrogen) atoms. The number of hydrogen-bond donors (Lipinski definition) is 2. The molecule has 0 saturated carbocycles. The monoisotopic (exact) mass is 526 g/mol. The molecule has 2 unspecified atom stereocenters. The maximum Gasteiger partial charge on any atom is 0.247 e. The van der Waals surface area contributed by atoms with Gasteiger partial charge in [-0.25, -0.2) is 4.99 Å². The summed E-state index contributed by atoms with van der Waals surface area (Å²) in [6, 6.07) is 17.2. The molecule has 1 aromatic heterocycles. The quantitative estimate of drug-likeness (QED) is 0.221. The highest BCUT2D eigenvalue weighted by Gasteiger charge is 2.31. The lowest BCUT2D eigenvalue weighted by Gasteiger charge is -2.34. The van der Waals surface area contributed by atoms with Crippen LogP contribution in [0.4, 0.5) is 5.69 Å². The first-order valence-electron chi connectivity index (χ1n) is 13.6. The molecule has 2 atom stereocenters. The summed E-state index contributed by atoms with van der Waals surface area (Å²) in [5, 5.41) is 15.9. The maximum atomic E-state index is 13.5. The van der Waals surface area contributed by atoms with E-state index < -0.39 is 6.04 Å². The van der Waals surface area contributed by atoms with Crippen LogP contribution < -0.4 is 10.6 Å². The van der Waals surface area contributed by atoms with Crippen molar-refractivity contribution in [3.63, 3.8) is 0 Å². The van der Waals surface area contributed by atoms with E-state index in [0.29, 0.717) is 32.0 Å². The molecule has 3 heterocycles. The summed E-state index contributed by atoms with van der Waals surface area (Å²) in [5.74, 6) is 1.12. The molecule has 9 heteroatoms. The number of carbonyl (C=O) groups excluding carboxylic acids is 2. The zero-order valence-corrected chi connectivity index (χ0v) is 22.2. The van der Waals surface area contributed by atoms with E-state index in [0.717, 1.165) is 48.1 Å². The zero-order valence-electron chi connectivity index (χ0n) is 22.2. The zero-order chi connectivity index (χ0) is 27.2. The Kier molecular flexibility index (Phi) is 8.11.